The second-order valence-corrected chi connectivity index (χ2v) is 8.42. The van der Waals surface area contributed by atoms with Gasteiger partial charge in [-0.1, -0.05) is 52.5 Å². The first-order chi connectivity index (χ1) is 14.5. The van der Waals surface area contributed by atoms with E-state index in [2.05, 4.69) is 92.3 Å². The first-order valence-corrected chi connectivity index (χ1v) is 10.1. The monoisotopic (exact) mass is 407 g/mol. The summed E-state index contributed by atoms with van der Waals surface area (Å²) < 4.78 is 4.20. The van der Waals surface area contributed by atoms with Crippen LogP contribution < -0.4 is 9.13 Å². The van der Waals surface area contributed by atoms with Gasteiger partial charge in [0.05, 0.1) is 11.6 Å². The van der Waals surface area contributed by atoms with Crippen LogP contribution >= 0.6 is 0 Å². The molecule has 0 spiro atoms. The molecule has 0 saturated carbocycles. The zero-order valence-electron chi connectivity index (χ0n) is 17.6. The summed E-state index contributed by atoms with van der Waals surface area (Å²) in [6, 6.07) is 26.8. The SMILES string of the molecule is C.CC(C)(C)c1ccccc1-[n+]1ccc(-c2cc[n+](-c3cccc(C#N)c3)cc2)cc1. The Balaban J connectivity index is 0.00000272. The molecule has 0 fully saturated rings. The quantitative estimate of drug-likeness (QED) is 0.400. The summed E-state index contributed by atoms with van der Waals surface area (Å²) in [7, 11) is 0. The Kier molecular flexibility index (Phi) is 6.32. The van der Waals surface area contributed by atoms with Crippen molar-refractivity contribution in [3.05, 3.63) is 109 Å². The highest BCUT2D eigenvalue weighted by Crippen LogP contribution is 2.26. The first kappa shape index (κ1) is 21.9. The van der Waals surface area contributed by atoms with E-state index >= 15 is 0 Å². The van der Waals surface area contributed by atoms with E-state index in [1.165, 1.54) is 11.3 Å². The molecular weight excluding hydrogens is 378 g/mol. The molecule has 2 aromatic heterocycles. The van der Waals surface area contributed by atoms with Crippen molar-refractivity contribution in [2.24, 2.45) is 0 Å². The average Bonchev–Trinajstić information content (AvgIpc) is 2.79. The zero-order chi connectivity index (χ0) is 21.1. The lowest BCUT2D eigenvalue weighted by Gasteiger charge is -2.19. The van der Waals surface area contributed by atoms with Gasteiger partial charge in [0, 0.05) is 48.0 Å². The lowest BCUT2D eigenvalue weighted by Crippen LogP contribution is -2.33. The third kappa shape index (κ3) is 4.70. The van der Waals surface area contributed by atoms with E-state index in [0.29, 0.717) is 5.56 Å². The Morgan fingerprint density at radius 2 is 1.29 bits per heavy atom. The lowest BCUT2D eigenvalue weighted by atomic mass is 9.85. The van der Waals surface area contributed by atoms with Crippen LogP contribution in [0.4, 0.5) is 0 Å². The number of nitrogens with zero attached hydrogens (tertiary/aromatic N) is 3. The highest BCUT2D eigenvalue weighted by Gasteiger charge is 2.22. The second-order valence-electron chi connectivity index (χ2n) is 8.42. The zero-order valence-corrected chi connectivity index (χ0v) is 17.6. The fraction of sp³-hybridized carbons (Fsp3) is 0.179. The Hall–Kier alpha value is -3.77. The third-order valence-electron chi connectivity index (χ3n) is 5.26. The van der Waals surface area contributed by atoms with Gasteiger partial charge in [-0.05, 0) is 22.6 Å². The molecule has 0 bridgehead atoms. The van der Waals surface area contributed by atoms with E-state index in [1.54, 1.807) is 0 Å². The molecule has 0 radical (unpaired) electrons. The minimum absolute atomic E-state index is 0. The molecule has 0 N–H and O–H groups in total. The topological polar surface area (TPSA) is 31.5 Å². The highest BCUT2D eigenvalue weighted by molar-refractivity contribution is 5.61. The Morgan fingerprint density at radius 1 is 0.710 bits per heavy atom. The average molecular weight is 408 g/mol. The molecule has 0 aliphatic carbocycles. The van der Waals surface area contributed by atoms with Crippen LogP contribution in [0.25, 0.3) is 22.5 Å². The predicted molar refractivity (Wildman–Crippen MR) is 125 cm³/mol. The number of rotatable bonds is 3. The number of pyridine rings is 2. The molecule has 0 unspecified atom stereocenters. The Labute approximate surface area is 185 Å². The summed E-state index contributed by atoms with van der Waals surface area (Å²) in [5.41, 5.74) is 6.56. The van der Waals surface area contributed by atoms with E-state index in [0.717, 1.165) is 16.8 Å². The van der Waals surface area contributed by atoms with Gasteiger partial charge < -0.3 is 0 Å². The minimum atomic E-state index is 0. The van der Waals surface area contributed by atoms with Gasteiger partial charge in [-0.15, -0.1) is 0 Å². The molecular formula is C28H29N3+2. The van der Waals surface area contributed by atoms with Gasteiger partial charge in [-0.25, -0.2) is 0 Å². The van der Waals surface area contributed by atoms with Crippen LogP contribution in [0.1, 0.15) is 39.3 Å². The van der Waals surface area contributed by atoms with Crippen molar-refractivity contribution in [1.82, 2.24) is 0 Å². The van der Waals surface area contributed by atoms with E-state index in [1.807, 2.05) is 41.2 Å². The fourth-order valence-electron chi connectivity index (χ4n) is 3.64. The van der Waals surface area contributed by atoms with E-state index < -0.39 is 0 Å². The molecule has 0 saturated heterocycles. The standard InChI is InChI=1S/C27H25N3.CH4/c1-27(2,3)25-9-4-5-10-26(25)30-17-13-23(14-18-30)22-11-15-29(16-12-22)24-8-6-7-21(19-24)20-28;/h4-19H,1-3H3;1H4/q+2;. The molecule has 154 valence electrons. The normalized spacial score (nSPS) is 10.8. The molecule has 31 heavy (non-hydrogen) atoms. The third-order valence-corrected chi connectivity index (χ3v) is 5.26. The van der Waals surface area contributed by atoms with Crippen molar-refractivity contribution >= 4 is 0 Å². The second kappa shape index (κ2) is 8.93. The summed E-state index contributed by atoms with van der Waals surface area (Å²) >= 11 is 0. The van der Waals surface area contributed by atoms with Crippen LogP contribution in [0.2, 0.25) is 0 Å². The van der Waals surface area contributed by atoms with Gasteiger partial charge in [0.15, 0.2) is 24.8 Å². The number of para-hydroxylation sites is 1. The maximum absolute atomic E-state index is 9.11. The fourth-order valence-corrected chi connectivity index (χ4v) is 3.64. The molecule has 4 aromatic rings. The van der Waals surface area contributed by atoms with Crippen LogP contribution in [-0.4, -0.2) is 0 Å². The van der Waals surface area contributed by atoms with E-state index in [-0.39, 0.29) is 12.8 Å². The predicted octanol–water partition coefficient (Wildman–Crippen LogP) is 5.71. The molecule has 2 aromatic carbocycles. The highest BCUT2D eigenvalue weighted by atomic mass is 14.9. The molecule has 3 nitrogen and oxygen atoms in total. The van der Waals surface area contributed by atoms with Gasteiger partial charge in [-0.2, -0.15) is 14.4 Å². The van der Waals surface area contributed by atoms with Crippen molar-refractivity contribution in [2.45, 2.75) is 33.6 Å². The Morgan fingerprint density at radius 3 is 1.87 bits per heavy atom. The maximum Gasteiger partial charge on any atom is 0.214 e. The lowest BCUT2D eigenvalue weighted by molar-refractivity contribution is -0.596. The van der Waals surface area contributed by atoms with E-state index in [4.69, 9.17) is 5.26 Å². The van der Waals surface area contributed by atoms with Crippen LogP contribution in [0.3, 0.4) is 0 Å². The van der Waals surface area contributed by atoms with Gasteiger partial charge in [-0.3, -0.25) is 0 Å². The number of nitriles is 1. The molecule has 0 aliphatic rings. The van der Waals surface area contributed by atoms with Crippen LogP contribution in [-0.2, 0) is 5.41 Å². The number of aromatic nitrogens is 2. The molecule has 4 rings (SSSR count). The number of hydrogen-bond donors (Lipinski definition) is 0. The molecule has 0 aliphatic heterocycles. The molecule has 0 amide bonds. The first-order valence-electron chi connectivity index (χ1n) is 10.1. The van der Waals surface area contributed by atoms with Crippen molar-refractivity contribution in [3.8, 4) is 28.6 Å². The number of hydrogen-bond acceptors (Lipinski definition) is 1. The van der Waals surface area contributed by atoms with Crippen LogP contribution in [0.5, 0.6) is 0 Å². The number of benzene rings is 2. The van der Waals surface area contributed by atoms with E-state index in [9.17, 15) is 0 Å². The van der Waals surface area contributed by atoms with Gasteiger partial charge in [0.1, 0.15) is 0 Å². The summed E-state index contributed by atoms with van der Waals surface area (Å²) in [6.07, 6.45) is 8.30. The molecule has 3 heteroatoms. The van der Waals surface area contributed by atoms with Crippen molar-refractivity contribution < 1.29 is 9.13 Å². The summed E-state index contributed by atoms with van der Waals surface area (Å²) in [5.74, 6) is 0. The summed E-state index contributed by atoms with van der Waals surface area (Å²) in [5, 5.41) is 9.11. The Bertz CT molecular complexity index is 1210. The largest absolute Gasteiger partial charge is 0.214 e. The maximum atomic E-state index is 9.11. The smallest absolute Gasteiger partial charge is 0.192 e. The van der Waals surface area contributed by atoms with Gasteiger partial charge in [0.25, 0.3) is 0 Å². The van der Waals surface area contributed by atoms with Crippen molar-refractivity contribution in [1.29, 1.82) is 5.26 Å². The minimum Gasteiger partial charge on any atom is -0.192 e. The van der Waals surface area contributed by atoms with Crippen molar-refractivity contribution in [2.75, 3.05) is 0 Å². The van der Waals surface area contributed by atoms with Gasteiger partial charge >= 0.3 is 0 Å². The van der Waals surface area contributed by atoms with Crippen LogP contribution in [0, 0.1) is 11.3 Å². The van der Waals surface area contributed by atoms with Gasteiger partial charge in [0.2, 0.25) is 11.4 Å². The molecule has 2 heterocycles. The van der Waals surface area contributed by atoms with Crippen molar-refractivity contribution in [3.63, 3.8) is 0 Å². The molecule has 0 atom stereocenters. The summed E-state index contributed by atoms with van der Waals surface area (Å²) in [4.78, 5) is 0. The summed E-state index contributed by atoms with van der Waals surface area (Å²) in [6.45, 7) is 6.73. The van der Waals surface area contributed by atoms with Crippen LogP contribution in [0.15, 0.2) is 97.6 Å².